The zero-order valence-electron chi connectivity index (χ0n) is 17.4. The smallest absolute Gasteiger partial charge is 0.248 e. The van der Waals surface area contributed by atoms with Crippen LogP contribution in [0.1, 0.15) is 24.0 Å². The van der Waals surface area contributed by atoms with Gasteiger partial charge in [0.2, 0.25) is 16.9 Å². The molecule has 1 unspecified atom stereocenters. The maximum atomic E-state index is 13.2. The fraction of sp³-hybridized carbons (Fsp3) is 0.120. The van der Waals surface area contributed by atoms with E-state index >= 15 is 0 Å². The van der Waals surface area contributed by atoms with E-state index in [2.05, 4.69) is 20.8 Å². The molecule has 0 saturated heterocycles. The van der Waals surface area contributed by atoms with Crippen LogP contribution in [0.4, 0.5) is 5.13 Å². The molecule has 0 fully saturated rings. The lowest BCUT2D eigenvalue weighted by Crippen LogP contribution is -2.43. The van der Waals surface area contributed by atoms with E-state index in [1.54, 1.807) is 6.92 Å². The van der Waals surface area contributed by atoms with E-state index in [-0.39, 0.29) is 11.8 Å². The van der Waals surface area contributed by atoms with Gasteiger partial charge in [0.15, 0.2) is 0 Å². The summed E-state index contributed by atoms with van der Waals surface area (Å²) in [5.74, 6) is -1.11. The molecule has 1 heterocycles. The Bertz CT molecular complexity index is 1140. The summed E-state index contributed by atoms with van der Waals surface area (Å²) in [5, 5.41) is 14.9. The third-order valence-electron chi connectivity index (χ3n) is 4.96. The lowest BCUT2D eigenvalue weighted by atomic mass is 9.90. The molecular formula is C25H22N4O2S. The highest BCUT2D eigenvalue weighted by Gasteiger charge is 2.26. The summed E-state index contributed by atoms with van der Waals surface area (Å²) in [6.45, 7) is 1.65. The third kappa shape index (κ3) is 5.07. The SMILES string of the molecule is CC(NC(=O)C(c1ccccc1)c1ccccc1)C(=O)Nc1nnc(-c2ccccc2)s1. The molecule has 6 nitrogen and oxygen atoms in total. The van der Waals surface area contributed by atoms with Gasteiger partial charge in [-0.15, -0.1) is 10.2 Å². The van der Waals surface area contributed by atoms with Crippen molar-refractivity contribution >= 4 is 28.3 Å². The van der Waals surface area contributed by atoms with Gasteiger partial charge in [0.05, 0.1) is 5.92 Å². The van der Waals surface area contributed by atoms with Crippen LogP contribution in [0, 0.1) is 0 Å². The van der Waals surface area contributed by atoms with Crippen molar-refractivity contribution in [3.8, 4) is 10.6 Å². The highest BCUT2D eigenvalue weighted by molar-refractivity contribution is 7.18. The second kappa shape index (κ2) is 9.98. The summed E-state index contributed by atoms with van der Waals surface area (Å²) in [4.78, 5) is 25.9. The number of nitrogens with zero attached hydrogens (tertiary/aromatic N) is 2. The molecule has 32 heavy (non-hydrogen) atoms. The average Bonchev–Trinajstić information content (AvgIpc) is 3.29. The molecule has 0 spiro atoms. The Kier molecular flexibility index (Phi) is 6.67. The van der Waals surface area contributed by atoms with Crippen LogP contribution in [0.2, 0.25) is 0 Å². The number of hydrogen-bond acceptors (Lipinski definition) is 5. The van der Waals surface area contributed by atoms with Crippen molar-refractivity contribution < 1.29 is 9.59 Å². The molecule has 0 saturated carbocycles. The molecule has 7 heteroatoms. The van der Waals surface area contributed by atoms with Gasteiger partial charge in [0, 0.05) is 5.56 Å². The Morgan fingerprint density at radius 2 is 1.28 bits per heavy atom. The van der Waals surface area contributed by atoms with Gasteiger partial charge in [-0.2, -0.15) is 0 Å². The minimum atomic E-state index is -0.749. The van der Waals surface area contributed by atoms with Crippen LogP contribution in [0.15, 0.2) is 91.0 Å². The first-order valence-electron chi connectivity index (χ1n) is 10.2. The number of rotatable bonds is 7. The average molecular weight is 443 g/mol. The summed E-state index contributed by atoms with van der Waals surface area (Å²) in [5.41, 5.74) is 2.65. The lowest BCUT2D eigenvalue weighted by molar-refractivity contribution is -0.126. The number of anilines is 1. The molecule has 4 aromatic rings. The van der Waals surface area contributed by atoms with Crippen molar-refractivity contribution in [2.45, 2.75) is 18.9 Å². The molecule has 160 valence electrons. The normalized spacial score (nSPS) is 11.7. The summed E-state index contributed by atoms with van der Waals surface area (Å²) in [7, 11) is 0. The molecule has 0 radical (unpaired) electrons. The molecule has 1 atom stereocenters. The van der Waals surface area contributed by atoms with Crippen LogP contribution < -0.4 is 10.6 Å². The molecule has 0 aliphatic carbocycles. The van der Waals surface area contributed by atoms with Crippen LogP contribution in [-0.2, 0) is 9.59 Å². The topological polar surface area (TPSA) is 84.0 Å². The fourth-order valence-corrected chi connectivity index (χ4v) is 4.09. The predicted molar refractivity (Wildman–Crippen MR) is 126 cm³/mol. The van der Waals surface area contributed by atoms with Gasteiger partial charge < -0.3 is 5.32 Å². The van der Waals surface area contributed by atoms with Gasteiger partial charge in [-0.1, -0.05) is 102 Å². The molecule has 2 amide bonds. The number of benzene rings is 3. The molecule has 3 aromatic carbocycles. The van der Waals surface area contributed by atoms with E-state index in [1.165, 1.54) is 11.3 Å². The van der Waals surface area contributed by atoms with E-state index < -0.39 is 12.0 Å². The van der Waals surface area contributed by atoms with Crippen LogP contribution in [0.5, 0.6) is 0 Å². The van der Waals surface area contributed by atoms with Crippen LogP contribution in [0.3, 0.4) is 0 Å². The van der Waals surface area contributed by atoms with E-state index in [4.69, 9.17) is 0 Å². The zero-order valence-corrected chi connectivity index (χ0v) is 18.3. The Balaban J connectivity index is 1.45. The first kappa shape index (κ1) is 21.4. The van der Waals surface area contributed by atoms with Crippen molar-refractivity contribution in [3.05, 3.63) is 102 Å². The number of amides is 2. The maximum Gasteiger partial charge on any atom is 0.248 e. The zero-order chi connectivity index (χ0) is 22.3. The molecule has 0 aliphatic heterocycles. The van der Waals surface area contributed by atoms with Gasteiger partial charge in [-0.05, 0) is 18.1 Å². The number of carbonyl (C=O) groups excluding carboxylic acids is 2. The molecule has 0 bridgehead atoms. The second-order valence-corrected chi connectivity index (χ2v) is 8.23. The minimum absolute atomic E-state index is 0.243. The van der Waals surface area contributed by atoms with Gasteiger partial charge in [0.25, 0.3) is 0 Å². The minimum Gasteiger partial charge on any atom is -0.344 e. The summed E-state index contributed by atoms with van der Waals surface area (Å²) in [6, 6.07) is 27.9. The number of hydrogen-bond donors (Lipinski definition) is 2. The van der Waals surface area contributed by atoms with Gasteiger partial charge in [0.1, 0.15) is 11.0 Å². The predicted octanol–water partition coefficient (Wildman–Crippen LogP) is 4.48. The van der Waals surface area contributed by atoms with Crippen LogP contribution >= 0.6 is 11.3 Å². The molecule has 2 N–H and O–H groups in total. The largest absolute Gasteiger partial charge is 0.344 e. The van der Waals surface area contributed by atoms with Crippen molar-refractivity contribution in [3.63, 3.8) is 0 Å². The first-order chi connectivity index (χ1) is 15.6. The van der Waals surface area contributed by atoms with Gasteiger partial charge in [-0.25, -0.2) is 0 Å². The van der Waals surface area contributed by atoms with Crippen molar-refractivity contribution in [1.29, 1.82) is 0 Å². The summed E-state index contributed by atoms with van der Waals surface area (Å²) < 4.78 is 0. The molecular weight excluding hydrogens is 420 g/mol. The monoisotopic (exact) mass is 442 g/mol. The first-order valence-corrected chi connectivity index (χ1v) is 11.0. The van der Waals surface area contributed by atoms with E-state index in [0.717, 1.165) is 16.7 Å². The van der Waals surface area contributed by atoms with E-state index in [1.807, 2.05) is 91.0 Å². The highest BCUT2D eigenvalue weighted by Crippen LogP contribution is 2.27. The maximum absolute atomic E-state index is 13.2. The van der Waals surface area contributed by atoms with Gasteiger partial charge >= 0.3 is 0 Å². The molecule has 0 aliphatic rings. The number of nitrogens with one attached hydrogen (secondary N) is 2. The Labute approximate surface area is 190 Å². The van der Waals surface area contributed by atoms with Crippen molar-refractivity contribution in [2.75, 3.05) is 5.32 Å². The van der Waals surface area contributed by atoms with E-state index in [0.29, 0.717) is 10.1 Å². The lowest BCUT2D eigenvalue weighted by Gasteiger charge is -2.20. The fourth-order valence-electron chi connectivity index (χ4n) is 3.33. The molecule has 4 rings (SSSR count). The van der Waals surface area contributed by atoms with Gasteiger partial charge in [-0.3, -0.25) is 14.9 Å². The highest BCUT2D eigenvalue weighted by atomic mass is 32.1. The van der Waals surface area contributed by atoms with Crippen LogP contribution in [-0.4, -0.2) is 28.1 Å². The second-order valence-electron chi connectivity index (χ2n) is 7.25. The van der Waals surface area contributed by atoms with Crippen molar-refractivity contribution in [1.82, 2.24) is 15.5 Å². The third-order valence-corrected chi connectivity index (χ3v) is 5.84. The summed E-state index contributed by atoms with van der Waals surface area (Å²) >= 11 is 1.28. The summed E-state index contributed by atoms with van der Waals surface area (Å²) in [6.07, 6.45) is 0. The Morgan fingerprint density at radius 3 is 1.84 bits per heavy atom. The van der Waals surface area contributed by atoms with Crippen LogP contribution in [0.25, 0.3) is 10.6 Å². The number of carbonyl (C=O) groups is 2. The molecule has 1 aromatic heterocycles. The van der Waals surface area contributed by atoms with E-state index in [9.17, 15) is 9.59 Å². The Hall–Kier alpha value is -3.84. The Morgan fingerprint density at radius 1 is 0.750 bits per heavy atom. The number of aromatic nitrogens is 2. The van der Waals surface area contributed by atoms with Crippen molar-refractivity contribution in [2.24, 2.45) is 0 Å². The quantitative estimate of drug-likeness (QED) is 0.442. The standard InChI is InChI=1S/C25H22N4O2S/c1-17(22(30)27-25-29-28-24(32-25)20-15-9-4-10-16-20)26-23(31)21(18-11-5-2-6-12-18)19-13-7-3-8-14-19/h2-17,21H,1H3,(H,26,31)(H,27,29,30).